The summed E-state index contributed by atoms with van der Waals surface area (Å²) in [5.74, 6) is 1.81. The van der Waals surface area contributed by atoms with E-state index in [0.29, 0.717) is 11.6 Å². The molecular formula is C15H20ClN3O. The van der Waals surface area contributed by atoms with Crippen LogP contribution in [-0.4, -0.2) is 23.5 Å². The van der Waals surface area contributed by atoms with Crippen molar-refractivity contribution in [1.82, 2.24) is 9.88 Å². The molecule has 2 aromatic heterocycles. The van der Waals surface area contributed by atoms with Crippen molar-refractivity contribution in [3.63, 3.8) is 0 Å². The molecule has 0 radical (unpaired) electrons. The van der Waals surface area contributed by atoms with E-state index < -0.39 is 0 Å². The third-order valence-corrected chi connectivity index (χ3v) is 3.24. The molecule has 0 spiro atoms. The average molecular weight is 294 g/mol. The minimum absolute atomic E-state index is 0.682. The van der Waals surface area contributed by atoms with Gasteiger partial charge in [0, 0.05) is 13.1 Å². The number of nitrogens with zero attached hydrogens (tertiary/aromatic N) is 2. The van der Waals surface area contributed by atoms with Gasteiger partial charge >= 0.3 is 0 Å². The van der Waals surface area contributed by atoms with Crippen LogP contribution >= 0.6 is 11.6 Å². The molecule has 2 heterocycles. The van der Waals surface area contributed by atoms with E-state index in [1.807, 2.05) is 31.3 Å². The van der Waals surface area contributed by atoms with Gasteiger partial charge in [0.2, 0.25) is 0 Å². The van der Waals surface area contributed by atoms with E-state index in [4.69, 9.17) is 16.0 Å². The molecule has 5 heteroatoms. The van der Waals surface area contributed by atoms with Crippen LogP contribution in [0.3, 0.4) is 0 Å². The van der Waals surface area contributed by atoms with Crippen LogP contribution in [0, 0.1) is 0 Å². The SMILES string of the molecule is CCCNc1ccc(Cl)c(CN(C)Cc2ccco2)n1. The fourth-order valence-electron chi connectivity index (χ4n) is 1.93. The lowest BCUT2D eigenvalue weighted by atomic mass is 10.3. The van der Waals surface area contributed by atoms with E-state index in [1.165, 1.54) is 0 Å². The highest BCUT2D eigenvalue weighted by atomic mass is 35.5. The molecule has 0 bridgehead atoms. The molecular weight excluding hydrogens is 274 g/mol. The van der Waals surface area contributed by atoms with Crippen LogP contribution in [0.15, 0.2) is 34.9 Å². The molecule has 0 aromatic carbocycles. The zero-order valence-corrected chi connectivity index (χ0v) is 12.7. The van der Waals surface area contributed by atoms with Crippen molar-refractivity contribution in [3.05, 3.63) is 47.0 Å². The van der Waals surface area contributed by atoms with Gasteiger partial charge < -0.3 is 9.73 Å². The molecule has 0 fully saturated rings. The fourth-order valence-corrected chi connectivity index (χ4v) is 2.09. The second kappa shape index (κ2) is 7.31. The number of hydrogen-bond acceptors (Lipinski definition) is 4. The van der Waals surface area contributed by atoms with Crippen LogP contribution in [0.25, 0.3) is 0 Å². The maximum atomic E-state index is 6.22. The predicted octanol–water partition coefficient (Wildman–Crippen LogP) is 3.78. The van der Waals surface area contributed by atoms with Crippen LogP contribution in [0.2, 0.25) is 5.02 Å². The second-order valence-corrected chi connectivity index (χ2v) is 5.21. The zero-order chi connectivity index (χ0) is 14.4. The average Bonchev–Trinajstić information content (AvgIpc) is 2.92. The largest absolute Gasteiger partial charge is 0.468 e. The van der Waals surface area contributed by atoms with Gasteiger partial charge in [-0.15, -0.1) is 0 Å². The molecule has 0 saturated heterocycles. The van der Waals surface area contributed by atoms with Gasteiger partial charge in [-0.05, 0) is 37.7 Å². The summed E-state index contributed by atoms with van der Waals surface area (Å²) < 4.78 is 5.34. The number of hydrogen-bond donors (Lipinski definition) is 1. The molecule has 0 saturated carbocycles. The first-order valence-corrected chi connectivity index (χ1v) is 7.17. The van der Waals surface area contributed by atoms with Crippen LogP contribution in [0.5, 0.6) is 0 Å². The van der Waals surface area contributed by atoms with Crippen LogP contribution in [-0.2, 0) is 13.1 Å². The summed E-state index contributed by atoms with van der Waals surface area (Å²) in [6, 6.07) is 7.66. The first-order valence-electron chi connectivity index (χ1n) is 6.79. The molecule has 0 aliphatic carbocycles. The van der Waals surface area contributed by atoms with E-state index >= 15 is 0 Å². The van der Waals surface area contributed by atoms with Gasteiger partial charge in [0.1, 0.15) is 11.6 Å². The Kier molecular flexibility index (Phi) is 5.44. The molecule has 2 aromatic rings. The number of rotatable bonds is 7. The maximum Gasteiger partial charge on any atom is 0.126 e. The number of aromatic nitrogens is 1. The lowest BCUT2D eigenvalue weighted by Gasteiger charge is -2.16. The Bertz CT molecular complexity index is 528. The summed E-state index contributed by atoms with van der Waals surface area (Å²) in [5.41, 5.74) is 0.877. The first kappa shape index (κ1) is 14.9. The Labute approximate surface area is 124 Å². The molecule has 0 aliphatic heterocycles. The molecule has 20 heavy (non-hydrogen) atoms. The number of anilines is 1. The molecule has 0 atom stereocenters. The summed E-state index contributed by atoms with van der Waals surface area (Å²) in [7, 11) is 2.02. The summed E-state index contributed by atoms with van der Waals surface area (Å²) >= 11 is 6.22. The van der Waals surface area contributed by atoms with Gasteiger partial charge in [-0.3, -0.25) is 4.90 Å². The Morgan fingerprint density at radius 3 is 2.85 bits per heavy atom. The van der Waals surface area contributed by atoms with Crippen molar-refractivity contribution < 1.29 is 4.42 Å². The maximum absolute atomic E-state index is 6.22. The van der Waals surface area contributed by atoms with E-state index in [9.17, 15) is 0 Å². The van der Waals surface area contributed by atoms with Crippen LogP contribution in [0.4, 0.5) is 5.82 Å². The number of furan rings is 1. The Balaban J connectivity index is 2.00. The minimum atomic E-state index is 0.682. The van der Waals surface area contributed by atoms with Gasteiger partial charge in [0.25, 0.3) is 0 Å². The van der Waals surface area contributed by atoms with Crippen molar-refractivity contribution in [1.29, 1.82) is 0 Å². The van der Waals surface area contributed by atoms with E-state index in [1.54, 1.807) is 6.26 Å². The van der Waals surface area contributed by atoms with E-state index in [2.05, 4.69) is 22.1 Å². The highest BCUT2D eigenvalue weighted by Gasteiger charge is 2.09. The van der Waals surface area contributed by atoms with Crippen LogP contribution in [0.1, 0.15) is 24.8 Å². The summed E-state index contributed by atoms with van der Waals surface area (Å²) in [5, 5.41) is 3.97. The normalized spacial score (nSPS) is 11.0. The topological polar surface area (TPSA) is 41.3 Å². The van der Waals surface area contributed by atoms with Crippen molar-refractivity contribution in [3.8, 4) is 0 Å². The molecule has 0 amide bonds. The Hall–Kier alpha value is -1.52. The van der Waals surface area contributed by atoms with E-state index in [-0.39, 0.29) is 0 Å². The molecule has 0 unspecified atom stereocenters. The van der Waals surface area contributed by atoms with Crippen molar-refractivity contribution in [2.75, 3.05) is 18.9 Å². The standard InChI is InChI=1S/C15H20ClN3O/c1-3-8-17-15-7-6-13(16)14(18-15)11-19(2)10-12-5-4-9-20-12/h4-7,9H,3,8,10-11H2,1-2H3,(H,17,18). The molecule has 108 valence electrons. The fraction of sp³-hybridized carbons (Fsp3) is 0.400. The molecule has 4 nitrogen and oxygen atoms in total. The van der Waals surface area contributed by atoms with Crippen molar-refractivity contribution in [2.45, 2.75) is 26.4 Å². The summed E-state index contributed by atoms with van der Waals surface area (Å²) in [4.78, 5) is 6.69. The quantitative estimate of drug-likeness (QED) is 0.843. The van der Waals surface area contributed by atoms with Gasteiger partial charge in [-0.1, -0.05) is 18.5 Å². The third kappa shape index (κ3) is 4.25. The van der Waals surface area contributed by atoms with Gasteiger partial charge in [0.15, 0.2) is 0 Å². The van der Waals surface area contributed by atoms with Crippen LogP contribution < -0.4 is 5.32 Å². The summed E-state index contributed by atoms with van der Waals surface area (Å²) in [6.45, 7) is 4.45. The first-order chi connectivity index (χ1) is 9.69. The lowest BCUT2D eigenvalue weighted by Crippen LogP contribution is -2.18. The third-order valence-electron chi connectivity index (χ3n) is 2.90. The molecule has 2 rings (SSSR count). The second-order valence-electron chi connectivity index (χ2n) is 4.80. The monoisotopic (exact) mass is 293 g/mol. The van der Waals surface area contributed by atoms with Gasteiger partial charge in [-0.25, -0.2) is 4.98 Å². The zero-order valence-electron chi connectivity index (χ0n) is 11.9. The lowest BCUT2D eigenvalue weighted by molar-refractivity contribution is 0.285. The Morgan fingerprint density at radius 2 is 2.15 bits per heavy atom. The number of halogens is 1. The van der Waals surface area contributed by atoms with Gasteiger partial charge in [0.05, 0.1) is 23.5 Å². The number of nitrogens with one attached hydrogen (secondary N) is 1. The van der Waals surface area contributed by atoms with Crippen molar-refractivity contribution in [2.24, 2.45) is 0 Å². The highest BCUT2D eigenvalue weighted by molar-refractivity contribution is 6.31. The summed E-state index contributed by atoms with van der Waals surface area (Å²) in [6.07, 6.45) is 2.75. The molecule has 1 N–H and O–H groups in total. The van der Waals surface area contributed by atoms with Gasteiger partial charge in [-0.2, -0.15) is 0 Å². The van der Waals surface area contributed by atoms with Crippen molar-refractivity contribution >= 4 is 17.4 Å². The molecule has 0 aliphatic rings. The Morgan fingerprint density at radius 1 is 1.30 bits per heavy atom. The van der Waals surface area contributed by atoms with E-state index in [0.717, 1.165) is 36.8 Å². The minimum Gasteiger partial charge on any atom is -0.468 e. The number of pyridine rings is 1. The highest BCUT2D eigenvalue weighted by Crippen LogP contribution is 2.19. The smallest absolute Gasteiger partial charge is 0.126 e. The predicted molar refractivity (Wildman–Crippen MR) is 81.9 cm³/mol.